The summed E-state index contributed by atoms with van der Waals surface area (Å²) < 4.78 is 26.1. The Balaban J connectivity index is 2.13. The molecule has 2 fully saturated rings. The van der Waals surface area contributed by atoms with Crippen LogP contribution in [0.4, 0.5) is 8.78 Å². The highest BCUT2D eigenvalue weighted by atomic mass is 19.3. The van der Waals surface area contributed by atoms with Crippen molar-refractivity contribution in [3.8, 4) is 0 Å². The molecule has 0 spiro atoms. The van der Waals surface area contributed by atoms with E-state index in [9.17, 15) is 8.78 Å². The second kappa shape index (κ2) is 2.16. The molecule has 0 aromatic carbocycles. The lowest BCUT2D eigenvalue weighted by molar-refractivity contribution is -0.0390. The van der Waals surface area contributed by atoms with Gasteiger partial charge in [0.15, 0.2) is 0 Å². The van der Waals surface area contributed by atoms with Crippen LogP contribution in [0.15, 0.2) is 0 Å². The van der Waals surface area contributed by atoms with E-state index in [1.807, 2.05) is 11.9 Å². The Morgan fingerprint density at radius 2 is 2.09 bits per heavy atom. The van der Waals surface area contributed by atoms with Crippen LogP contribution in [0.3, 0.4) is 0 Å². The van der Waals surface area contributed by atoms with Crippen LogP contribution >= 0.6 is 0 Å². The summed E-state index contributed by atoms with van der Waals surface area (Å²) in [5.41, 5.74) is 0. The largest absolute Gasteiger partial charge is 0.306 e. The number of fused-ring (bicyclic) bond motifs is 1. The minimum Gasteiger partial charge on any atom is -0.306 e. The maximum Gasteiger partial charge on any atom is 0.252 e. The summed E-state index contributed by atoms with van der Waals surface area (Å²) in [5, 5.41) is 0. The maximum atomic E-state index is 13.0. The minimum atomic E-state index is -2.37. The highest BCUT2D eigenvalue weighted by Crippen LogP contribution is 2.47. The second-order valence-corrected chi connectivity index (χ2v) is 3.89. The summed E-state index contributed by atoms with van der Waals surface area (Å²) in [5.74, 6) is -2.43. The number of nitrogens with zero attached hydrogens (tertiary/aromatic N) is 1. The third-order valence-electron chi connectivity index (χ3n) is 3.01. The van der Waals surface area contributed by atoms with Gasteiger partial charge in [0.2, 0.25) is 0 Å². The molecule has 1 aliphatic carbocycles. The van der Waals surface area contributed by atoms with E-state index < -0.39 is 5.92 Å². The Kier molecular flexibility index (Phi) is 1.46. The summed E-state index contributed by atoms with van der Waals surface area (Å²) in [7, 11) is 1.92. The monoisotopic (exact) mass is 161 g/mol. The van der Waals surface area contributed by atoms with Gasteiger partial charge >= 0.3 is 0 Å². The van der Waals surface area contributed by atoms with Gasteiger partial charge in [0, 0.05) is 25.4 Å². The number of hydrogen-bond donors (Lipinski definition) is 0. The zero-order chi connectivity index (χ0) is 8.06. The molecule has 2 rings (SSSR count). The number of hydrogen-bond acceptors (Lipinski definition) is 1. The van der Waals surface area contributed by atoms with Gasteiger partial charge in [-0.15, -0.1) is 0 Å². The first-order chi connectivity index (χ1) is 5.09. The highest BCUT2D eigenvalue weighted by Gasteiger charge is 2.52. The lowest BCUT2D eigenvalue weighted by atomic mass is 9.99. The van der Waals surface area contributed by atoms with Gasteiger partial charge in [-0.05, 0) is 19.4 Å². The van der Waals surface area contributed by atoms with Crippen LogP contribution in [-0.2, 0) is 0 Å². The van der Waals surface area contributed by atoms with Crippen molar-refractivity contribution in [3.05, 3.63) is 0 Å². The van der Waals surface area contributed by atoms with E-state index in [1.54, 1.807) is 0 Å². The Morgan fingerprint density at radius 1 is 1.36 bits per heavy atom. The first-order valence-corrected chi connectivity index (χ1v) is 4.16. The summed E-state index contributed by atoms with van der Waals surface area (Å²) in [6.45, 7) is 1.47. The molecule has 3 heteroatoms. The van der Waals surface area contributed by atoms with Crippen LogP contribution in [0.2, 0.25) is 0 Å². The van der Waals surface area contributed by atoms with Crippen molar-refractivity contribution >= 4 is 0 Å². The van der Waals surface area contributed by atoms with E-state index in [0.29, 0.717) is 6.54 Å². The zero-order valence-electron chi connectivity index (χ0n) is 6.69. The first kappa shape index (κ1) is 7.47. The van der Waals surface area contributed by atoms with E-state index in [1.165, 1.54) is 0 Å². The van der Waals surface area contributed by atoms with Crippen molar-refractivity contribution in [2.45, 2.75) is 18.8 Å². The molecule has 2 atom stereocenters. The molecule has 2 aliphatic rings. The summed E-state index contributed by atoms with van der Waals surface area (Å²) in [6.07, 6.45) is 0.845. The van der Waals surface area contributed by atoms with Gasteiger partial charge in [-0.2, -0.15) is 0 Å². The Morgan fingerprint density at radius 3 is 2.73 bits per heavy atom. The smallest absolute Gasteiger partial charge is 0.252 e. The molecule has 0 aromatic heterocycles. The normalized spacial score (nSPS) is 42.8. The van der Waals surface area contributed by atoms with Crippen LogP contribution in [-0.4, -0.2) is 31.0 Å². The van der Waals surface area contributed by atoms with E-state index >= 15 is 0 Å². The molecule has 11 heavy (non-hydrogen) atoms. The molecule has 1 nitrogen and oxygen atoms in total. The second-order valence-electron chi connectivity index (χ2n) is 3.89. The fourth-order valence-corrected chi connectivity index (χ4v) is 2.42. The van der Waals surface area contributed by atoms with Crippen molar-refractivity contribution in [2.24, 2.45) is 11.8 Å². The molecule has 1 aliphatic heterocycles. The number of alkyl halides is 2. The Labute approximate surface area is 65.4 Å². The van der Waals surface area contributed by atoms with Gasteiger partial charge in [0.05, 0.1) is 0 Å². The molecule has 1 saturated carbocycles. The lowest BCUT2D eigenvalue weighted by Gasteiger charge is -2.17. The van der Waals surface area contributed by atoms with E-state index in [-0.39, 0.29) is 18.3 Å². The number of rotatable bonds is 0. The molecule has 0 aromatic rings. The molecular weight excluding hydrogens is 148 g/mol. The topological polar surface area (TPSA) is 3.24 Å². The molecule has 0 amide bonds. The molecule has 0 unspecified atom stereocenters. The van der Waals surface area contributed by atoms with Crippen molar-refractivity contribution < 1.29 is 8.78 Å². The maximum absolute atomic E-state index is 13.0. The first-order valence-electron chi connectivity index (χ1n) is 4.16. The fourth-order valence-electron chi connectivity index (χ4n) is 2.42. The average molecular weight is 161 g/mol. The Bertz CT molecular complexity index is 169. The molecule has 1 saturated heterocycles. The molecule has 0 radical (unpaired) electrons. The number of halogens is 2. The third kappa shape index (κ3) is 1.06. The van der Waals surface area contributed by atoms with Crippen molar-refractivity contribution in [2.75, 3.05) is 20.1 Å². The standard InChI is InChI=1S/C8H13F2N/c1-11-4-6-2-3-8(9,10)7(6)5-11/h6-7H,2-5H2,1H3/t6-,7+/m0/s1. The summed E-state index contributed by atoms with van der Waals surface area (Å²) in [4.78, 5) is 2.02. The van der Waals surface area contributed by atoms with Crippen LogP contribution in [0.25, 0.3) is 0 Å². The quantitative estimate of drug-likeness (QED) is 0.521. The summed E-state index contributed by atoms with van der Waals surface area (Å²) in [6, 6.07) is 0. The fraction of sp³-hybridized carbons (Fsp3) is 1.00. The number of likely N-dealkylation sites (tertiary alicyclic amines) is 1. The van der Waals surface area contributed by atoms with Gasteiger partial charge in [-0.1, -0.05) is 0 Å². The SMILES string of the molecule is CN1C[C@@H]2CCC(F)(F)[C@@H]2C1. The van der Waals surface area contributed by atoms with Crippen molar-refractivity contribution in [3.63, 3.8) is 0 Å². The van der Waals surface area contributed by atoms with E-state index in [2.05, 4.69) is 0 Å². The summed E-state index contributed by atoms with van der Waals surface area (Å²) >= 11 is 0. The van der Waals surface area contributed by atoms with Gasteiger partial charge < -0.3 is 4.90 Å². The van der Waals surface area contributed by atoms with Crippen LogP contribution in [0, 0.1) is 11.8 Å². The van der Waals surface area contributed by atoms with E-state index in [4.69, 9.17) is 0 Å². The molecule has 0 bridgehead atoms. The van der Waals surface area contributed by atoms with Gasteiger partial charge in [-0.3, -0.25) is 0 Å². The van der Waals surface area contributed by atoms with Gasteiger partial charge in [0.1, 0.15) is 0 Å². The lowest BCUT2D eigenvalue weighted by Crippen LogP contribution is -2.27. The van der Waals surface area contributed by atoms with E-state index in [0.717, 1.165) is 13.0 Å². The molecule has 0 N–H and O–H groups in total. The van der Waals surface area contributed by atoms with Gasteiger partial charge in [-0.25, -0.2) is 8.78 Å². The van der Waals surface area contributed by atoms with Crippen LogP contribution < -0.4 is 0 Å². The van der Waals surface area contributed by atoms with Crippen LogP contribution in [0.1, 0.15) is 12.8 Å². The predicted octanol–water partition coefficient (Wildman–Crippen LogP) is 1.59. The van der Waals surface area contributed by atoms with Crippen LogP contribution in [0.5, 0.6) is 0 Å². The molecular formula is C8H13F2N. The van der Waals surface area contributed by atoms with Crippen molar-refractivity contribution in [1.82, 2.24) is 4.90 Å². The molecule has 64 valence electrons. The van der Waals surface area contributed by atoms with Crippen molar-refractivity contribution in [1.29, 1.82) is 0 Å². The zero-order valence-corrected chi connectivity index (χ0v) is 6.69. The predicted molar refractivity (Wildman–Crippen MR) is 38.7 cm³/mol. The highest BCUT2D eigenvalue weighted by molar-refractivity contribution is 4.97. The Hall–Kier alpha value is -0.180. The molecule has 1 heterocycles. The average Bonchev–Trinajstić information content (AvgIpc) is 2.35. The minimum absolute atomic E-state index is 0.121. The van der Waals surface area contributed by atoms with Gasteiger partial charge in [0.25, 0.3) is 5.92 Å². The third-order valence-corrected chi connectivity index (χ3v) is 3.01.